The number of amides is 1. The monoisotopic (exact) mass is 387 g/mol. The van der Waals surface area contributed by atoms with Crippen molar-refractivity contribution in [3.63, 3.8) is 0 Å². The van der Waals surface area contributed by atoms with Crippen molar-refractivity contribution in [3.8, 4) is 0 Å². The smallest absolute Gasteiger partial charge is 0.231 e. The average molecular weight is 388 g/mol. The summed E-state index contributed by atoms with van der Waals surface area (Å²) < 4.78 is 5.98. The minimum atomic E-state index is -0.256. The van der Waals surface area contributed by atoms with Crippen LogP contribution in [0.1, 0.15) is 37.9 Å². The van der Waals surface area contributed by atoms with Gasteiger partial charge in [-0.15, -0.1) is 0 Å². The second-order valence-electron chi connectivity index (χ2n) is 7.63. The number of benzene rings is 1. The number of nitrogens with one attached hydrogen (secondary N) is 2. The van der Waals surface area contributed by atoms with Crippen molar-refractivity contribution >= 4 is 11.9 Å². The van der Waals surface area contributed by atoms with E-state index in [1.807, 2.05) is 6.07 Å². The van der Waals surface area contributed by atoms with Gasteiger partial charge in [0.15, 0.2) is 5.96 Å². The fourth-order valence-electron chi connectivity index (χ4n) is 4.01. The molecule has 7 nitrogen and oxygen atoms in total. The molecule has 2 fully saturated rings. The van der Waals surface area contributed by atoms with Crippen molar-refractivity contribution in [3.05, 3.63) is 35.9 Å². The number of piperidine rings is 1. The van der Waals surface area contributed by atoms with Gasteiger partial charge in [0, 0.05) is 44.7 Å². The molecule has 0 aliphatic carbocycles. The number of nitrogens with zero attached hydrogens (tertiary/aromatic N) is 2. The number of hydrogen-bond donors (Lipinski definition) is 3. The fraction of sp³-hybridized carbons (Fsp3) is 0.619. The van der Waals surface area contributed by atoms with Gasteiger partial charge in [-0.05, 0) is 31.7 Å². The molecule has 3 rings (SSSR count). The first-order valence-corrected chi connectivity index (χ1v) is 10.4. The van der Waals surface area contributed by atoms with Gasteiger partial charge >= 0.3 is 0 Å². The Bertz CT molecular complexity index is 643. The number of carbonyl (C=O) groups is 1. The van der Waals surface area contributed by atoms with E-state index < -0.39 is 0 Å². The zero-order chi connectivity index (χ0) is 19.8. The largest absolute Gasteiger partial charge is 0.373 e. The highest BCUT2D eigenvalue weighted by atomic mass is 16.5. The van der Waals surface area contributed by atoms with Gasteiger partial charge in [-0.1, -0.05) is 30.3 Å². The van der Waals surface area contributed by atoms with Gasteiger partial charge in [-0.2, -0.15) is 0 Å². The Balaban J connectivity index is 1.53. The highest BCUT2D eigenvalue weighted by molar-refractivity contribution is 5.80. The molecule has 0 radical (unpaired) electrons. The SMILES string of the molecule is CCNC(=NCC1CCOC1c1ccccc1)NC1CCN(CC(N)=O)CC1. The molecule has 2 aliphatic heterocycles. The van der Waals surface area contributed by atoms with E-state index in [1.54, 1.807) is 0 Å². The maximum atomic E-state index is 11.1. The summed E-state index contributed by atoms with van der Waals surface area (Å²) in [6.45, 7) is 6.56. The van der Waals surface area contributed by atoms with E-state index in [1.165, 1.54) is 5.56 Å². The Hall–Kier alpha value is -2.12. The molecular formula is C21H33N5O2. The zero-order valence-corrected chi connectivity index (χ0v) is 16.8. The van der Waals surface area contributed by atoms with Crippen LogP contribution < -0.4 is 16.4 Å². The minimum Gasteiger partial charge on any atom is -0.373 e. The molecule has 7 heteroatoms. The molecule has 2 aliphatic rings. The normalized spacial score (nSPS) is 24.2. The summed E-state index contributed by atoms with van der Waals surface area (Å²) in [7, 11) is 0. The van der Waals surface area contributed by atoms with Crippen molar-refractivity contribution in [1.82, 2.24) is 15.5 Å². The fourth-order valence-corrected chi connectivity index (χ4v) is 4.01. The van der Waals surface area contributed by atoms with Crippen LogP contribution in [0.5, 0.6) is 0 Å². The molecule has 4 N–H and O–H groups in total. The van der Waals surface area contributed by atoms with E-state index in [0.29, 0.717) is 18.5 Å². The lowest BCUT2D eigenvalue weighted by atomic mass is 9.95. The molecule has 0 spiro atoms. The molecule has 1 aromatic carbocycles. The zero-order valence-electron chi connectivity index (χ0n) is 16.8. The van der Waals surface area contributed by atoms with Gasteiger partial charge < -0.3 is 21.1 Å². The highest BCUT2D eigenvalue weighted by Gasteiger charge is 2.29. The van der Waals surface area contributed by atoms with E-state index in [2.05, 4.69) is 46.7 Å². The van der Waals surface area contributed by atoms with E-state index in [9.17, 15) is 4.79 Å². The lowest BCUT2D eigenvalue weighted by Gasteiger charge is -2.32. The number of hydrogen-bond acceptors (Lipinski definition) is 4. The third-order valence-electron chi connectivity index (χ3n) is 5.48. The molecular weight excluding hydrogens is 354 g/mol. The van der Waals surface area contributed by atoms with Crippen LogP contribution in [0, 0.1) is 5.92 Å². The van der Waals surface area contributed by atoms with Gasteiger partial charge in [-0.25, -0.2) is 0 Å². The summed E-state index contributed by atoms with van der Waals surface area (Å²) >= 11 is 0. The van der Waals surface area contributed by atoms with Crippen molar-refractivity contribution < 1.29 is 9.53 Å². The molecule has 1 aromatic rings. The summed E-state index contributed by atoms with van der Waals surface area (Å²) in [6.07, 6.45) is 3.13. The maximum Gasteiger partial charge on any atom is 0.231 e. The highest BCUT2D eigenvalue weighted by Crippen LogP contribution is 2.34. The van der Waals surface area contributed by atoms with Crippen LogP contribution in [-0.2, 0) is 9.53 Å². The number of ether oxygens (including phenoxy) is 1. The van der Waals surface area contributed by atoms with Crippen LogP contribution in [0.2, 0.25) is 0 Å². The maximum absolute atomic E-state index is 11.1. The number of rotatable bonds is 7. The summed E-state index contributed by atoms with van der Waals surface area (Å²) in [5, 5.41) is 6.93. The van der Waals surface area contributed by atoms with Crippen molar-refractivity contribution in [1.29, 1.82) is 0 Å². The third kappa shape index (κ3) is 5.94. The van der Waals surface area contributed by atoms with Gasteiger partial charge in [0.2, 0.25) is 5.91 Å². The molecule has 2 atom stereocenters. The van der Waals surface area contributed by atoms with Crippen molar-refractivity contribution in [2.24, 2.45) is 16.6 Å². The van der Waals surface area contributed by atoms with Crippen LogP contribution >= 0.6 is 0 Å². The molecule has 0 aromatic heterocycles. The molecule has 0 saturated carbocycles. The quantitative estimate of drug-likeness (QED) is 0.484. The number of likely N-dealkylation sites (tertiary alicyclic amines) is 1. The predicted octanol–water partition coefficient (Wildman–Crippen LogP) is 1.27. The topological polar surface area (TPSA) is 92.0 Å². The van der Waals surface area contributed by atoms with Crippen LogP contribution in [0.4, 0.5) is 0 Å². The number of aliphatic imine (C=N–C) groups is 1. The Morgan fingerprint density at radius 1 is 1.25 bits per heavy atom. The molecule has 2 saturated heterocycles. The summed E-state index contributed by atoms with van der Waals surface area (Å²) in [5.41, 5.74) is 6.53. The molecule has 154 valence electrons. The lowest BCUT2D eigenvalue weighted by Crippen LogP contribution is -2.50. The predicted molar refractivity (Wildman–Crippen MR) is 111 cm³/mol. The summed E-state index contributed by atoms with van der Waals surface area (Å²) in [4.78, 5) is 18.1. The Morgan fingerprint density at radius 3 is 2.68 bits per heavy atom. The lowest BCUT2D eigenvalue weighted by molar-refractivity contribution is -0.119. The van der Waals surface area contributed by atoms with E-state index in [0.717, 1.165) is 58.0 Å². The van der Waals surface area contributed by atoms with Gasteiger partial charge in [0.25, 0.3) is 0 Å². The Kier molecular flexibility index (Phi) is 7.68. The number of nitrogens with two attached hydrogens (primary N) is 1. The first-order chi connectivity index (χ1) is 13.7. The first-order valence-electron chi connectivity index (χ1n) is 10.4. The average Bonchev–Trinajstić information content (AvgIpc) is 3.17. The van der Waals surface area contributed by atoms with Crippen LogP contribution in [0.25, 0.3) is 0 Å². The first kappa shape index (κ1) is 20.6. The second kappa shape index (κ2) is 10.4. The minimum absolute atomic E-state index is 0.130. The molecule has 0 bridgehead atoms. The molecule has 2 heterocycles. The van der Waals surface area contributed by atoms with Gasteiger partial charge in [0.05, 0.1) is 12.6 Å². The van der Waals surface area contributed by atoms with Crippen molar-refractivity contribution in [2.75, 3.05) is 39.3 Å². The van der Waals surface area contributed by atoms with E-state index in [-0.39, 0.29) is 12.0 Å². The van der Waals surface area contributed by atoms with Crippen LogP contribution in [-0.4, -0.2) is 62.1 Å². The van der Waals surface area contributed by atoms with Crippen molar-refractivity contribution in [2.45, 2.75) is 38.3 Å². The van der Waals surface area contributed by atoms with Crippen LogP contribution in [0.3, 0.4) is 0 Å². The molecule has 2 unspecified atom stereocenters. The Labute approximate surface area is 167 Å². The third-order valence-corrected chi connectivity index (χ3v) is 5.48. The number of guanidine groups is 1. The summed E-state index contributed by atoms with van der Waals surface area (Å²) in [6, 6.07) is 10.8. The van der Waals surface area contributed by atoms with E-state index in [4.69, 9.17) is 15.5 Å². The summed E-state index contributed by atoms with van der Waals surface area (Å²) in [5.74, 6) is 1.01. The standard InChI is InChI=1S/C21H33N5O2/c1-2-23-21(25-18-8-11-26(12-9-18)15-19(22)27)24-14-17-10-13-28-20(17)16-6-4-3-5-7-16/h3-7,17-18,20H,2,8-15H2,1H3,(H2,22,27)(H2,23,24,25). The van der Waals surface area contributed by atoms with Crippen LogP contribution in [0.15, 0.2) is 35.3 Å². The molecule has 1 amide bonds. The Morgan fingerprint density at radius 2 is 2.00 bits per heavy atom. The van der Waals surface area contributed by atoms with Gasteiger partial charge in [0.1, 0.15) is 0 Å². The van der Waals surface area contributed by atoms with Gasteiger partial charge in [-0.3, -0.25) is 14.7 Å². The number of primary amides is 1. The number of carbonyl (C=O) groups excluding carboxylic acids is 1. The second-order valence-corrected chi connectivity index (χ2v) is 7.63. The molecule has 28 heavy (non-hydrogen) atoms. The van der Waals surface area contributed by atoms with E-state index >= 15 is 0 Å².